The molecule has 118 valence electrons. The van der Waals surface area contributed by atoms with Crippen LogP contribution in [0.25, 0.3) is 11.3 Å². The molecule has 0 saturated heterocycles. The summed E-state index contributed by atoms with van der Waals surface area (Å²) in [4.78, 5) is 3.98. The van der Waals surface area contributed by atoms with Crippen LogP contribution >= 0.6 is 0 Å². The van der Waals surface area contributed by atoms with Crippen LogP contribution in [-0.2, 0) is 6.18 Å². The fourth-order valence-electron chi connectivity index (χ4n) is 2.16. The quantitative estimate of drug-likeness (QED) is 0.838. The van der Waals surface area contributed by atoms with Gasteiger partial charge in [-0.15, -0.1) is 0 Å². The van der Waals surface area contributed by atoms with Gasteiger partial charge in [0.15, 0.2) is 0 Å². The van der Waals surface area contributed by atoms with Gasteiger partial charge in [0.1, 0.15) is 5.75 Å². The molecule has 1 saturated carbocycles. The zero-order valence-electron chi connectivity index (χ0n) is 12.1. The van der Waals surface area contributed by atoms with E-state index in [0.717, 1.165) is 31.2 Å². The Kier molecular flexibility index (Phi) is 3.95. The van der Waals surface area contributed by atoms with Gasteiger partial charge < -0.3 is 4.74 Å². The molecule has 0 bridgehead atoms. The van der Waals surface area contributed by atoms with Crippen LogP contribution in [0.1, 0.15) is 24.0 Å². The highest BCUT2D eigenvalue weighted by Gasteiger charge is 2.30. The molecule has 0 unspecified atom stereocenters. The second-order valence-electron chi connectivity index (χ2n) is 5.54. The van der Waals surface area contributed by atoms with Crippen LogP contribution in [0.4, 0.5) is 13.2 Å². The Morgan fingerprint density at radius 2 is 2.00 bits per heavy atom. The van der Waals surface area contributed by atoms with E-state index in [2.05, 4.69) is 4.98 Å². The summed E-state index contributed by atoms with van der Waals surface area (Å²) in [6.45, 7) is 0.560. The lowest BCUT2D eigenvalue weighted by molar-refractivity contribution is -0.137. The SMILES string of the molecule is N#Cc1cc(OCC2CC2)cc(-c2cc(C(F)(F)F)ccn2)c1. The van der Waals surface area contributed by atoms with Crippen molar-refractivity contribution >= 4 is 0 Å². The molecule has 1 aliphatic rings. The second kappa shape index (κ2) is 5.92. The first-order valence-corrected chi connectivity index (χ1v) is 7.17. The maximum Gasteiger partial charge on any atom is 0.416 e. The van der Waals surface area contributed by atoms with Gasteiger partial charge in [-0.2, -0.15) is 18.4 Å². The number of nitrogens with zero attached hydrogens (tertiary/aromatic N) is 2. The van der Waals surface area contributed by atoms with Crippen molar-refractivity contribution in [3.05, 3.63) is 47.7 Å². The van der Waals surface area contributed by atoms with Gasteiger partial charge in [0, 0.05) is 11.8 Å². The van der Waals surface area contributed by atoms with Crippen molar-refractivity contribution < 1.29 is 17.9 Å². The normalized spacial score (nSPS) is 14.3. The molecule has 2 aromatic rings. The van der Waals surface area contributed by atoms with Crippen molar-refractivity contribution in [1.29, 1.82) is 5.26 Å². The number of aromatic nitrogens is 1. The Balaban J connectivity index is 1.94. The van der Waals surface area contributed by atoms with Crippen LogP contribution in [0.3, 0.4) is 0 Å². The highest BCUT2D eigenvalue weighted by atomic mass is 19.4. The Morgan fingerprint density at radius 1 is 1.22 bits per heavy atom. The average Bonchev–Trinajstić information content (AvgIpc) is 3.36. The molecule has 0 aliphatic heterocycles. The van der Waals surface area contributed by atoms with Gasteiger partial charge in [0.05, 0.1) is 29.5 Å². The standard InChI is InChI=1S/C17H13F3N2O/c18-17(19,20)14-3-4-22-16(8-14)13-5-12(9-21)6-15(7-13)23-10-11-1-2-11/h3-8,11H,1-2,10H2. The molecular formula is C17H13F3N2O. The molecule has 0 N–H and O–H groups in total. The lowest BCUT2D eigenvalue weighted by Gasteiger charge is -2.10. The van der Waals surface area contributed by atoms with E-state index in [-0.39, 0.29) is 5.69 Å². The van der Waals surface area contributed by atoms with E-state index in [1.54, 1.807) is 12.1 Å². The average molecular weight is 318 g/mol. The van der Waals surface area contributed by atoms with Crippen LogP contribution < -0.4 is 4.74 Å². The highest BCUT2D eigenvalue weighted by Crippen LogP contribution is 2.33. The smallest absolute Gasteiger partial charge is 0.416 e. The van der Waals surface area contributed by atoms with Crippen molar-refractivity contribution in [1.82, 2.24) is 4.98 Å². The van der Waals surface area contributed by atoms with E-state index in [1.807, 2.05) is 6.07 Å². The summed E-state index contributed by atoms with van der Waals surface area (Å²) in [5.41, 5.74) is 0.145. The summed E-state index contributed by atoms with van der Waals surface area (Å²) in [5, 5.41) is 9.10. The highest BCUT2D eigenvalue weighted by molar-refractivity contribution is 5.64. The number of halogens is 3. The van der Waals surface area contributed by atoms with Crippen LogP contribution in [0, 0.1) is 17.2 Å². The van der Waals surface area contributed by atoms with Gasteiger partial charge in [-0.3, -0.25) is 4.98 Å². The largest absolute Gasteiger partial charge is 0.493 e. The summed E-state index contributed by atoms with van der Waals surface area (Å²) in [5.74, 6) is 1.01. The Bertz CT molecular complexity index is 761. The minimum atomic E-state index is -4.43. The summed E-state index contributed by atoms with van der Waals surface area (Å²) in [6, 6.07) is 8.59. The van der Waals surface area contributed by atoms with Crippen LogP contribution in [-0.4, -0.2) is 11.6 Å². The van der Waals surface area contributed by atoms with Crippen molar-refractivity contribution in [2.75, 3.05) is 6.61 Å². The summed E-state index contributed by atoms with van der Waals surface area (Å²) in [6.07, 6.45) is -1.07. The van der Waals surface area contributed by atoms with Crippen molar-refractivity contribution in [3.8, 4) is 23.1 Å². The fourth-order valence-corrected chi connectivity index (χ4v) is 2.16. The number of rotatable bonds is 4. The molecular weight excluding hydrogens is 305 g/mol. The van der Waals surface area contributed by atoms with Gasteiger partial charge in [0.2, 0.25) is 0 Å². The lowest BCUT2D eigenvalue weighted by atomic mass is 10.1. The summed E-state index contributed by atoms with van der Waals surface area (Å²) in [7, 11) is 0. The predicted molar refractivity (Wildman–Crippen MR) is 77.6 cm³/mol. The molecule has 3 rings (SSSR count). The minimum absolute atomic E-state index is 0.160. The lowest BCUT2D eigenvalue weighted by Crippen LogP contribution is -2.05. The maximum atomic E-state index is 12.8. The number of pyridine rings is 1. The molecule has 1 heterocycles. The van der Waals surface area contributed by atoms with Gasteiger partial charge in [-0.05, 0) is 49.1 Å². The van der Waals surface area contributed by atoms with Crippen molar-refractivity contribution in [2.24, 2.45) is 5.92 Å². The number of hydrogen-bond acceptors (Lipinski definition) is 3. The number of ether oxygens (including phenoxy) is 1. The van der Waals surface area contributed by atoms with E-state index < -0.39 is 11.7 Å². The molecule has 1 aromatic heterocycles. The van der Waals surface area contributed by atoms with Gasteiger partial charge >= 0.3 is 6.18 Å². The molecule has 0 atom stereocenters. The first-order chi connectivity index (χ1) is 11.0. The maximum absolute atomic E-state index is 12.8. The van der Waals surface area contributed by atoms with E-state index in [4.69, 9.17) is 10.00 Å². The molecule has 23 heavy (non-hydrogen) atoms. The van der Waals surface area contributed by atoms with E-state index in [1.165, 1.54) is 6.07 Å². The molecule has 1 aliphatic carbocycles. The molecule has 0 spiro atoms. The summed E-state index contributed by atoms with van der Waals surface area (Å²) < 4.78 is 44.1. The van der Waals surface area contributed by atoms with E-state index >= 15 is 0 Å². The predicted octanol–water partition coefficient (Wildman–Crippen LogP) is 4.43. The molecule has 0 amide bonds. The van der Waals surface area contributed by atoms with Crippen LogP contribution in [0.5, 0.6) is 5.75 Å². The zero-order chi connectivity index (χ0) is 16.4. The Hall–Kier alpha value is -2.55. The molecule has 1 aromatic carbocycles. The van der Waals surface area contributed by atoms with E-state index in [9.17, 15) is 13.2 Å². The third-order valence-corrected chi connectivity index (χ3v) is 3.60. The van der Waals surface area contributed by atoms with E-state index in [0.29, 0.717) is 29.4 Å². The molecule has 6 heteroatoms. The number of nitriles is 1. The minimum Gasteiger partial charge on any atom is -0.493 e. The molecule has 3 nitrogen and oxygen atoms in total. The van der Waals surface area contributed by atoms with Crippen LogP contribution in [0.15, 0.2) is 36.5 Å². The monoisotopic (exact) mass is 318 g/mol. The van der Waals surface area contributed by atoms with Gasteiger partial charge in [-0.25, -0.2) is 0 Å². The number of alkyl halides is 3. The third kappa shape index (κ3) is 3.81. The van der Waals surface area contributed by atoms with Crippen molar-refractivity contribution in [2.45, 2.75) is 19.0 Å². The first-order valence-electron chi connectivity index (χ1n) is 7.17. The van der Waals surface area contributed by atoms with Crippen molar-refractivity contribution in [3.63, 3.8) is 0 Å². The topological polar surface area (TPSA) is 45.9 Å². The number of hydrogen-bond donors (Lipinski definition) is 0. The Labute approximate surface area is 131 Å². The number of benzene rings is 1. The third-order valence-electron chi connectivity index (χ3n) is 3.60. The van der Waals surface area contributed by atoms with Gasteiger partial charge in [-0.1, -0.05) is 0 Å². The van der Waals surface area contributed by atoms with Gasteiger partial charge in [0.25, 0.3) is 0 Å². The molecule has 0 radical (unpaired) electrons. The molecule has 1 fully saturated rings. The zero-order valence-corrected chi connectivity index (χ0v) is 12.1. The second-order valence-corrected chi connectivity index (χ2v) is 5.54. The van der Waals surface area contributed by atoms with Crippen LogP contribution in [0.2, 0.25) is 0 Å². The summed E-state index contributed by atoms with van der Waals surface area (Å²) >= 11 is 0. The Morgan fingerprint density at radius 3 is 2.65 bits per heavy atom. The fraction of sp³-hybridized carbons (Fsp3) is 0.294. The first kappa shape index (κ1) is 15.3.